The van der Waals surface area contributed by atoms with Crippen LogP contribution in [0.4, 0.5) is 0 Å². The first-order chi connectivity index (χ1) is 29.2. The number of hydrogen-bond acceptors (Lipinski definition) is 9. The van der Waals surface area contributed by atoms with E-state index in [1.54, 1.807) is 0 Å². The van der Waals surface area contributed by atoms with E-state index >= 15 is 0 Å². The van der Waals surface area contributed by atoms with Crippen molar-refractivity contribution in [3.05, 3.63) is 0 Å². The smallest absolute Gasteiger partial charge is 0.0639 e. The predicted molar refractivity (Wildman–Crippen MR) is 248 cm³/mol. The molecule has 59 heavy (non-hydrogen) atoms. The Bertz CT molecular complexity index is 1240. The van der Waals surface area contributed by atoms with E-state index in [9.17, 15) is 0 Å². The number of unbranched alkanes of at least 4 members (excludes halogenated alkanes) is 15. The zero-order valence-electron chi connectivity index (χ0n) is 37.9. The largest absolute Gasteiger partial charge is 0.286 e. The van der Waals surface area contributed by atoms with Crippen molar-refractivity contribution in [1.29, 1.82) is 0 Å². The van der Waals surface area contributed by atoms with Gasteiger partial charge in [-0.1, -0.05) is 148 Å². The topological polar surface area (TPSA) is 96.2 Å². The van der Waals surface area contributed by atoms with E-state index in [-0.39, 0.29) is 0 Å². The third-order valence-corrected chi connectivity index (χ3v) is 19.7. The maximum absolute atomic E-state index is 4.44. The lowest BCUT2D eigenvalue weighted by atomic mass is 9.76. The molecule has 9 heteroatoms. The van der Waals surface area contributed by atoms with Crippen molar-refractivity contribution < 1.29 is 0 Å². The minimum Gasteiger partial charge on any atom is -0.286 e. The van der Waals surface area contributed by atoms with E-state index in [1.807, 2.05) is 0 Å². The normalized spacial score (nSPS) is 44.2. The van der Waals surface area contributed by atoms with Crippen LogP contribution in [0.2, 0.25) is 0 Å². The van der Waals surface area contributed by atoms with Gasteiger partial charge in [-0.05, 0) is 105 Å². The van der Waals surface area contributed by atoms with Gasteiger partial charge in [0.2, 0.25) is 0 Å². The zero-order valence-corrected chi connectivity index (χ0v) is 38.7. The lowest BCUT2D eigenvalue weighted by molar-refractivity contribution is 0.169. The van der Waals surface area contributed by atoms with Crippen LogP contribution in [0.15, 0.2) is 0 Å². The predicted octanol–water partition coefficient (Wildman–Crippen LogP) is 9.58. The SMILES string of the molecule is CCCCCCCCCCCCCCCCCCSC1CCCC2C3NC4NC(NC5NC(NC6NC(NC(N3)C12)C1CCCCC61)C1CCCCC51)C1CCCCC41. The Morgan fingerprint density at radius 3 is 0.949 bits per heavy atom. The molecule has 8 N–H and O–H groups in total. The second kappa shape index (κ2) is 22.3. The highest BCUT2D eigenvalue weighted by Gasteiger charge is 2.55. The quantitative estimate of drug-likeness (QED) is 0.0643. The first kappa shape index (κ1) is 44.2. The van der Waals surface area contributed by atoms with E-state index in [2.05, 4.69) is 61.2 Å². The molecule has 9 fully saturated rings. The summed E-state index contributed by atoms with van der Waals surface area (Å²) in [7, 11) is 0. The van der Waals surface area contributed by atoms with E-state index in [0.29, 0.717) is 61.2 Å². The van der Waals surface area contributed by atoms with Crippen LogP contribution < -0.4 is 42.5 Å². The van der Waals surface area contributed by atoms with Crippen LogP contribution in [-0.2, 0) is 0 Å². The third-order valence-electron chi connectivity index (χ3n) is 18.2. The Kier molecular flexibility index (Phi) is 16.7. The van der Waals surface area contributed by atoms with Crippen LogP contribution in [0.1, 0.15) is 206 Å². The molecule has 4 aliphatic carbocycles. The number of thioether (sulfide) groups is 1. The molecule has 17 atom stereocenters. The lowest BCUT2D eigenvalue weighted by Gasteiger charge is -2.39. The highest BCUT2D eigenvalue weighted by Crippen LogP contribution is 2.47. The number of hydrogen-bond donors (Lipinski definition) is 8. The average Bonchev–Trinajstić information content (AvgIpc) is 4.01. The van der Waals surface area contributed by atoms with Crippen LogP contribution >= 0.6 is 11.8 Å². The van der Waals surface area contributed by atoms with Gasteiger partial charge in [0.05, 0.1) is 49.3 Å². The molecular weight excluding hydrogens is 745 g/mol. The highest BCUT2D eigenvalue weighted by atomic mass is 32.2. The van der Waals surface area contributed by atoms with Crippen LogP contribution in [0.3, 0.4) is 0 Å². The Balaban J connectivity index is 0.806. The van der Waals surface area contributed by atoms with Crippen molar-refractivity contribution in [2.75, 3.05) is 5.75 Å². The summed E-state index contributed by atoms with van der Waals surface area (Å²) in [5, 5.41) is 35.4. The summed E-state index contributed by atoms with van der Waals surface area (Å²) in [6.45, 7) is 2.32. The molecule has 0 amide bonds. The van der Waals surface area contributed by atoms with Gasteiger partial charge in [0.15, 0.2) is 0 Å². The summed E-state index contributed by atoms with van der Waals surface area (Å²) in [5.41, 5.74) is 0. The van der Waals surface area contributed by atoms with Gasteiger partial charge in [-0.2, -0.15) is 11.8 Å². The lowest BCUT2D eigenvalue weighted by Crippen LogP contribution is -2.62. The summed E-state index contributed by atoms with van der Waals surface area (Å²) < 4.78 is 0. The molecule has 0 aromatic heterocycles. The standard InChI is InChI=1S/C50H92N8S/c1-2-3-4-5-6-7-8-9-10-11-12-13-14-15-16-23-33-59-41-32-24-31-40-42(41)50-57-48-39-30-22-21-29-38(39)46(55-48)53-44-35-26-18-17-25-34(35)43(51-44)52-45-36-27-19-20-28-37(36)47(54-45)56-49(40)58-50/h34-58H,2-33H2,1H3. The fourth-order valence-corrected chi connectivity index (χ4v) is 16.7. The maximum Gasteiger partial charge on any atom is 0.0639 e. The van der Waals surface area contributed by atoms with Crippen LogP contribution in [0.5, 0.6) is 0 Å². The Morgan fingerprint density at radius 1 is 0.305 bits per heavy atom. The summed E-state index contributed by atoms with van der Waals surface area (Å²) in [5.74, 6) is 7.13. The van der Waals surface area contributed by atoms with Gasteiger partial charge in [-0.3, -0.25) is 42.5 Å². The second-order valence-corrected chi connectivity index (χ2v) is 23.2. The number of fused-ring (bicyclic) bond motifs is 20. The molecule has 9 rings (SSSR count). The monoisotopic (exact) mass is 837 g/mol. The molecule has 17 unspecified atom stereocenters. The zero-order chi connectivity index (χ0) is 39.8. The van der Waals surface area contributed by atoms with Gasteiger partial charge < -0.3 is 0 Å². The molecule has 5 aliphatic heterocycles. The molecule has 4 saturated carbocycles. The molecular formula is C50H92N8S. The first-order valence-electron chi connectivity index (χ1n) is 26.9. The van der Waals surface area contributed by atoms with Gasteiger partial charge in [-0.15, -0.1) is 0 Å². The number of rotatable bonds is 18. The third kappa shape index (κ3) is 10.8. The molecule has 5 saturated heterocycles. The van der Waals surface area contributed by atoms with E-state index in [0.717, 1.165) is 40.8 Å². The molecule has 5 heterocycles. The van der Waals surface area contributed by atoms with Gasteiger partial charge in [0.25, 0.3) is 0 Å². The summed E-state index contributed by atoms with van der Waals surface area (Å²) in [6.07, 6.45) is 47.2. The van der Waals surface area contributed by atoms with Crippen molar-refractivity contribution in [2.24, 2.45) is 47.3 Å². The average molecular weight is 837 g/mol. The van der Waals surface area contributed by atoms with Crippen LogP contribution in [-0.4, -0.2) is 60.3 Å². The maximum atomic E-state index is 4.44. The molecule has 0 aromatic rings. The Hall–Kier alpha value is 0.0300. The highest BCUT2D eigenvalue weighted by molar-refractivity contribution is 7.99. The van der Waals surface area contributed by atoms with E-state index in [1.165, 1.54) is 205 Å². The summed E-state index contributed by atoms with van der Waals surface area (Å²) in [6, 6.07) is 0. The summed E-state index contributed by atoms with van der Waals surface area (Å²) in [4.78, 5) is 0. The molecule has 9 aliphatic rings. The van der Waals surface area contributed by atoms with Gasteiger partial charge in [0, 0.05) is 11.2 Å². The van der Waals surface area contributed by atoms with Crippen molar-refractivity contribution in [3.63, 3.8) is 0 Å². The minimum absolute atomic E-state index is 0.377. The van der Waals surface area contributed by atoms with Gasteiger partial charge in [0.1, 0.15) is 0 Å². The van der Waals surface area contributed by atoms with Crippen molar-refractivity contribution >= 4 is 11.8 Å². The number of nitrogens with one attached hydrogen (secondary N) is 8. The molecule has 8 nitrogen and oxygen atoms in total. The van der Waals surface area contributed by atoms with E-state index in [4.69, 9.17) is 0 Å². The molecule has 0 spiro atoms. The van der Waals surface area contributed by atoms with Gasteiger partial charge in [-0.25, -0.2) is 0 Å². The molecule has 0 aromatic carbocycles. The Morgan fingerprint density at radius 2 is 0.593 bits per heavy atom. The van der Waals surface area contributed by atoms with E-state index < -0.39 is 0 Å². The van der Waals surface area contributed by atoms with Crippen molar-refractivity contribution in [3.8, 4) is 0 Å². The second-order valence-electron chi connectivity index (χ2n) is 21.9. The van der Waals surface area contributed by atoms with Crippen LogP contribution in [0.25, 0.3) is 0 Å². The minimum atomic E-state index is 0.377. The Labute approximate surface area is 366 Å². The fraction of sp³-hybridized carbons (Fsp3) is 1.00. The molecule has 8 bridgehead atoms. The van der Waals surface area contributed by atoms with Crippen molar-refractivity contribution in [1.82, 2.24) is 42.5 Å². The first-order valence-corrected chi connectivity index (χ1v) is 28.0. The van der Waals surface area contributed by atoms with Crippen LogP contribution in [0, 0.1) is 47.3 Å². The van der Waals surface area contributed by atoms with Crippen molar-refractivity contribution in [2.45, 2.75) is 261 Å². The molecule has 0 radical (unpaired) electrons. The van der Waals surface area contributed by atoms with Gasteiger partial charge >= 0.3 is 0 Å². The summed E-state index contributed by atoms with van der Waals surface area (Å²) >= 11 is 2.37. The fourth-order valence-electron chi connectivity index (χ4n) is 15.1. The molecule has 338 valence electrons.